The molecule has 2 aromatic rings. The van der Waals surface area contributed by atoms with Gasteiger partial charge in [-0.05, 0) is 31.2 Å². The van der Waals surface area contributed by atoms with E-state index >= 15 is 0 Å². The van der Waals surface area contributed by atoms with Crippen LogP contribution in [0.3, 0.4) is 0 Å². The van der Waals surface area contributed by atoms with Gasteiger partial charge in [0.1, 0.15) is 22.4 Å². The Morgan fingerprint density at radius 2 is 2.00 bits per heavy atom. The standard InChI is InChI=1S/C11H13N3OS/c1-8-13-14-11(16-8)9-2-4-10(5-3-9)15-7-6-12/h2-5H,6-7,12H2,1H3. The number of hydrogen-bond acceptors (Lipinski definition) is 5. The van der Waals surface area contributed by atoms with Crippen LogP contribution in [-0.2, 0) is 0 Å². The smallest absolute Gasteiger partial charge is 0.147 e. The molecule has 0 aliphatic rings. The third-order valence-electron chi connectivity index (χ3n) is 2.01. The van der Waals surface area contributed by atoms with E-state index in [4.69, 9.17) is 10.5 Å². The molecule has 5 heteroatoms. The molecule has 1 aromatic carbocycles. The van der Waals surface area contributed by atoms with Crippen LogP contribution in [0.5, 0.6) is 5.75 Å². The van der Waals surface area contributed by atoms with Crippen LogP contribution in [0.4, 0.5) is 0 Å². The van der Waals surface area contributed by atoms with Crippen molar-refractivity contribution in [3.05, 3.63) is 29.3 Å². The van der Waals surface area contributed by atoms with Crippen LogP contribution in [0.1, 0.15) is 5.01 Å². The lowest BCUT2D eigenvalue weighted by Crippen LogP contribution is -2.10. The Morgan fingerprint density at radius 1 is 1.25 bits per heavy atom. The van der Waals surface area contributed by atoms with Crippen LogP contribution >= 0.6 is 11.3 Å². The van der Waals surface area contributed by atoms with Crippen LogP contribution in [-0.4, -0.2) is 23.3 Å². The molecule has 1 heterocycles. The van der Waals surface area contributed by atoms with Gasteiger partial charge in [0.25, 0.3) is 0 Å². The average Bonchev–Trinajstić information content (AvgIpc) is 2.74. The first-order valence-corrected chi connectivity index (χ1v) is 5.84. The highest BCUT2D eigenvalue weighted by molar-refractivity contribution is 7.14. The fourth-order valence-electron chi connectivity index (χ4n) is 1.28. The average molecular weight is 235 g/mol. The van der Waals surface area contributed by atoms with E-state index in [0.29, 0.717) is 13.2 Å². The second-order valence-corrected chi connectivity index (χ2v) is 4.47. The van der Waals surface area contributed by atoms with Gasteiger partial charge < -0.3 is 10.5 Å². The zero-order valence-electron chi connectivity index (χ0n) is 9.01. The molecule has 0 atom stereocenters. The van der Waals surface area contributed by atoms with Crippen LogP contribution in [0, 0.1) is 6.92 Å². The molecule has 4 nitrogen and oxygen atoms in total. The summed E-state index contributed by atoms with van der Waals surface area (Å²) in [5.74, 6) is 0.829. The Labute approximate surface area is 98.1 Å². The van der Waals surface area contributed by atoms with Crippen molar-refractivity contribution in [1.82, 2.24) is 10.2 Å². The van der Waals surface area contributed by atoms with E-state index in [9.17, 15) is 0 Å². The van der Waals surface area contributed by atoms with Gasteiger partial charge in [0, 0.05) is 12.1 Å². The van der Waals surface area contributed by atoms with Crippen molar-refractivity contribution in [1.29, 1.82) is 0 Å². The zero-order chi connectivity index (χ0) is 11.4. The van der Waals surface area contributed by atoms with Gasteiger partial charge in [0.05, 0.1) is 0 Å². The molecule has 0 bridgehead atoms. The molecule has 0 radical (unpaired) electrons. The summed E-state index contributed by atoms with van der Waals surface area (Å²) in [7, 11) is 0. The zero-order valence-corrected chi connectivity index (χ0v) is 9.83. The van der Waals surface area contributed by atoms with E-state index in [2.05, 4.69) is 10.2 Å². The van der Waals surface area contributed by atoms with E-state index in [-0.39, 0.29) is 0 Å². The Morgan fingerprint density at radius 3 is 2.56 bits per heavy atom. The fourth-order valence-corrected chi connectivity index (χ4v) is 1.98. The number of nitrogens with two attached hydrogens (primary N) is 1. The van der Waals surface area contributed by atoms with Gasteiger partial charge in [0.15, 0.2) is 0 Å². The van der Waals surface area contributed by atoms with Crippen molar-refractivity contribution in [3.63, 3.8) is 0 Å². The van der Waals surface area contributed by atoms with E-state index < -0.39 is 0 Å². The van der Waals surface area contributed by atoms with Crippen LogP contribution in [0.25, 0.3) is 10.6 Å². The monoisotopic (exact) mass is 235 g/mol. The minimum atomic E-state index is 0.525. The Kier molecular flexibility index (Phi) is 3.48. The van der Waals surface area contributed by atoms with Gasteiger partial charge in [-0.3, -0.25) is 0 Å². The number of ether oxygens (including phenoxy) is 1. The largest absolute Gasteiger partial charge is 0.492 e. The van der Waals surface area contributed by atoms with Gasteiger partial charge >= 0.3 is 0 Å². The maximum absolute atomic E-state index is 5.39. The highest BCUT2D eigenvalue weighted by Crippen LogP contribution is 2.24. The molecule has 2 rings (SSSR count). The van der Waals surface area contributed by atoms with Crippen molar-refractivity contribution in [3.8, 4) is 16.3 Å². The van der Waals surface area contributed by atoms with Gasteiger partial charge in [0.2, 0.25) is 0 Å². The number of aromatic nitrogens is 2. The molecule has 0 aliphatic heterocycles. The molecule has 84 valence electrons. The summed E-state index contributed by atoms with van der Waals surface area (Å²) >= 11 is 1.58. The fraction of sp³-hybridized carbons (Fsp3) is 0.273. The summed E-state index contributed by atoms with van der Waals surface area (Å²) in [6.07, 6.45) is 0. The van der Waals surface area contributed by atoms with Crippen molar-refractivity contribution >= 4 is 11.3 Å². The minimum absolute atomic E-state index is 0.525. The maximum Gasteiger partial charge on any atom is 0.147 e. The molecule has 0 saturated carbocycles. The normalized spacial score (nSPS) is 10.4. The molecule has 2 N–H and O–H groups in total. The lowest BCUT2D eigenvalue weighted by atomic mass is 10.2. The lowest BCUT2D eigenvalue weighted by Gasteiger charge is -2.04. The summed E-state index contributed by atoms with van der Waals surface area (Å²) in [5, 5.41) is 9.98. The quantitative estimate of drug-likeness (QED) is 0.878. The summed E-state index contributed by atoms with van der Waals surface area (Å²) in [4.78, 5) is 0. The Bertz CT molecular complexity index is 453. The third-order valence-corrected chi connectivity index (χ3v) is 2.90. The molecule has 16 heavy (non-hydrogen) atoms. The first-order valence-electron chi connectivity index (χ1n) is 5.03. The number of aryl methyl sites for hydroxylation is 1. The molecule has 0 spiro atoms. The molecule has 0 amide bonds. The minimum Gasteiger partial charge on any atom is -0.492 e. The van der Waals surface area contributed by atoms with Crippen molar-refractivity contribution in [2.45, 2.75) is 6.92 Å². The summed E-state index contributed by atoms with van der Waals surface area (Å²) in [5.41, 5.74) is 6.42. The number of benzene rings is 1. The van der Waals surface area contributed by atoms with E-state index in [0.717, 1.165) is 21.3 Å². The number of hydrogen-bond donors (Lipinski definition) is 1. The predicted octanol–water partition coefficient (Wildman–Crippen LogP) is 1.85. The van der Waals surface area contributed by atoms with Crippen molar-refractivity contribution in [2.75, 3.05) is 13.2 Å². The van der Waals surface area contributed by atoms with Gasteiger partial charge in [-0.25, -0.2) is 0 Å². The van der Waals surface area contributed by atoms with Crippen LogP contribution < -0.4 is 10.5 Å². The Balaban J connectivity index is 2.13. The highest BCUT2D eigenvalue weighted by Gasteiger charge is 2.03. The molecular formula is C11H13N3OS. The van der Waals surface area contributed by atoms with Crippen LogP contribution in [0.2, 0.25) is 0 Å². The van der Waals surface area contributed by atoms with Gasteiger partial charge in [-0.1, -0.05) is 11.3 Å². The van der Waals surface area contributed by atoms with Gasteiger partial charge in [-0.2, -0.15) is 0 Å². The molecule has 0 saturated heterocycles. The first kappa shape index (κ1) is 11.0. The lowest BCUT2D eigenvalue weighted by molar-refractivity contribution is 0.328. The molecule has 1 aromatic heterocycles. The topological polar surface area (TPSA) is 61.0 Å². The summed E-state index contributed by atoms with van der Waals surface area (Å²) < 4.78 is 5.39. The highest BCUT2D eigenvalue weighted by atomic mass is 32.1. The maximum atomic E-state index is 5.39. The van der Waals surface area contributed by atoms with E-state index in [1.165, 1.54) is 0 Å². The summed E-state index contributed by atoms with van der Waals surface area (Å²) in [6.45, 7) is 3.01. The van der Waals surface area contributed by atoms with Crippen LogP contribution in [0.15, 0.2) is 24.3 Å². The molecule has 0 unspecified atom stereocenters. The number of rotatable bonds is 4. The van der Waals surface area contributed by atoms with Gasteiger partial charge in [-0.15, -0.1) is 10.2 Å². The molecule has 0 aliphatic carbocycles. The SMILES string of the molecule is Cc1nnc(-c2ccc(OCCN)cc2)s1. The number of nitrogens with zero attached hydrogens (tertiary/aromatic N) is 2. The molecule has 0 fully saturated rings. The predicted molar refractivity (Wildman–Crippen MR) is 64.6 cm³/mol. The van der Waals surface area contributed by atoms with E-state index in [1.54, 1.807) is 11.3 Å². The van der Waals surface area contributed by atoms with E-state index in [1.807, 2.05) is 31.2 Å². The summed E-state index contributed by atoms with van der Waals surface area (Å²) in [6, 6.07) is 7.79. The second kappa shape index (κ2) is 5.05. The first-order chi connectivity index (χ1) is 7.79. The van der Waals surface area contributed by atoms with Crippen molar-refractivity contribution in [2.24, 2.45) is 5.73 Å². The second-order valence-electron chi connectivity index (χ2n) is 3.29. The third kappa shape index (κ3) is 2.56. The Hall–Kier alpha value is -1.46. The van der Waals surface area contributed by atoms with Crippen molar-refractivity contribution < 1.29 is 4.74 Å². The molecular weight excluding hydrogens is 222 g/mol.